The second-order valence-electron chi connectivity index (χ2n) is 4.88. The van der Waals surface area contributed by atoms with Crippen LogP contribution in [-0.4, -0.2) is 6.04 Å². The zero-order valence-corrected chi connectivity index (χ0v) is 9.69. The van der Waals surface area contributed by atoms with E-state index in [2.05, 4.69) is 0 Å². The molecule has 2 rings (SSSR count). The largest absolute Gasteiger partial charge is 0.327 e. The summed E-state index contributed by atoms with van der Waals surface area (Å²) in [5.74, 6) is -0.926. The van der Waals surface area contributed by atoms with Crippen LogP contribution in [-0.2, 0) is 12.8 Å². The molecule has 0 aromatic heterocycles. The first kappa shape index (κ1) is 11.5. The van der Waals surface area contributed by atoms with E-state index in [1.54, 1.807) is 13.8 Å². The lowest BCUT2D eigenvalue weighted by Gasteiger charge is -2.24. The number of halogens is 2. The van der Waals surface area contributed by atoms with Crippen molar-refractivity contribution in [3.8, 4) is 0 Å². The average Bonchev–Trinajstić information content (AvgIpc) is 2.19. The van der Waals surface area contributed by atoms with Crippen molar-refractivity contribution in [3.05, 3.63) is 34.4 Å². The Hall–Kier alpha value is -0.960. The van der Waals surface area contributed by atoms with E-state index in [1.807, 2.05) is 0 Å². The van der Waals surface area contributed by atoms with Gasteiger partial charge in [0.15, 0.2) is 0 Å². The van der Waals surface area contributed by atoms with Gasteiger partial charge in [0.2, 0.25) is 0 Å². The Morgan fingerprint density at radius 1 is 1.38 bits per heavy atom. The first-order valence-corrected chi connectivity index (χ1v) is 5.76. The van der Waals surface area contributed by atoms with Crippen LogP contribution in [0.15, 0.2) is 6.07 Å². The van der Waals surface area contributed by atoms with Gasteiger partial charge in [-0.05, 0) is 42.4 Å². The number of rotatable bonds is 1. The topological polar surface area (TPSA) is 26.0 Å². The second kappa shape index (κ2) is 4.13. The molecule has 0 heterocycles. The molecule has 0 amide bonds. The highest BCUT2D eigenvalue weighted by Gasteiger charge is 2.24. The fourth-order valence-corrected chi connectivity index (χ4v) is 2.40. The predicted octanol–water partition coefficient (Wildman–Crippen LogP) is 2.90. The van der Waals surface area contributed by atoms with Gasteiger partial charge in [-0.25, -0.2) is 8.78 Å². The van der Waals surface area contributed by atoms with Crippen LogP contribution < -0.4 is 5.73 Å². The number of hydrogen-bond acceptors (Lipinski definition) is 1. The maximum atomic E-state index is 14.1. The van der Waals surface area contributed by atoms with E-state index in [0.29, 0.717) is 18.4 Å². The van der Waals surface area contributed by atoms with Gasteiger partial charge in [0.25, 0.3) is 0 Å². The Bertz CT molecular complexity index is 413. The molecule has 16 heavy (non-hydrogen) atoms. The van der Waals surface area contributed by atoms with Crippen molar-refractivity contribution in [2.45, 2.75) is 45.1 Å². The van der Waals surface area contributed by atoms with E-state index in [9.17, 15) is 8.78 Å². The van der Waals surface area contributed by atoms with E-state index in [-0.39, 0.29) is 23.3 Å². The normalized spacial score (nSPS) is 20.0. The highest BCUT2D eigenvalue weighted by molar-refractivity contribution is 5.38. The Kier molecular flexibility index (Phi) is 2.98. The number of fused-ring (bicyclic) bond motifs is 1. The number of nitrogens with two attached hydrogens (primary N) is 1. The third-order valence-corrected chi connectivity index (χ3v) is 3.28. The van der Waals surface area contributed by atoms with Crippen LogP contribution in [0.4, 0.5) is 8.78 Å². The van der Waals surface area contributed by atoms with Crippen LogP contribution in [0, 0.1) is 11.6 Å². The van der Waals surface area contributed by atoms with Gasteiger partial charge in [0.1, 0.15) is 11.6 Å². The first-order chi connectivity index (χ1) is 7.50. The summed E-state index contributed by atoms with van der Waals surface area (Å²) < 4.78 is 27.9. The van der Waals surface area contributed by atoms with Crippen molar-refractivity contribution in [3.63, 3.8) is 0 Å². The van der Waals surface area contributed by atoms with Crippen molar-refractivity contribution >= 4 is 0 Å². The van der Waals surface area contributed by atoms with Crippen LogP contribution in [0.3, 0.4) is 0 Å². The molecule has 0 bridgehead atoms. The molecule has 0 spiro atoms. The van der Waals surface area contributed by atoms with E-state index >= 15 is 0 Å². The minimum Gasteiger partial charge on any atom is -0.327 e. The fourth-order valence-electron chi connectivity index (χ4n) is 2.40. The highest BCUT2D eigenvalue weighted by Crippen LogP contribution is 2.31. The van der Waals surface area contributed by atoms with Gasteiger partial charge in [-0.1, -0.05) is 13.8 Å². The van der Waals surface area contributed by atoms with Gasteiger partial charge >= 0.3 is 0 Å². The van der Waals surface area contributed by atoms with Gasteiger partial charge in [0.05, 0.1) is 0 Å². The molecule has 0 fully saturated rings. The number of benzene rings is 1. The third kappa shape index (κ3) is 1.84. The molecule has 0 saturated heterocycles. The molecule has 0 aliphatic heterocycles. The molecule has 1 aliphatic carbocycles. The fraction of sp³-hybridized carbons (Fsp3) is 0.538. The highest BCUT2D eigenvalue weighted by atomic mass is 19.1. The third-order valence-electron chi connectivity index (χ3n) is 3.28. The molecule has 2 N–H and O–H groups in total. The van der Waals surface area contributed by atoms with Crippen molar-refractivity contribution in [2.24, 2.45) is 5.73 Å². The summed E-state index contributed by atoms with van der Waals surface area (Å²) in [5, 5.41) is 0. The lowest BCUT2D eigenvalue weighted by atomic mass is 9.85. The van der Waals surface area contributed by atoms with Gasteiger partial charge in [-0.2, -0.15) is 0 Å². The van der Waals surface area contributed by atoms with E-state index in [1.165, 1.54) is 6.07 Å². The van der Waals surface area contributed by atoms with Crippen molar-refractivity contribution in [1.29, 1.82) is 0 Å². The Balaban J connectivity index is 2.56. The van der Waals surface area contributed by atoms with Crippen LogP contribution in [0.25, 0.3) is 0 Å². The van der Waals surface area contributed by atoms with Gasteiger partial charge in [0, 0.05) is 11.6 Å². The monoisotopic (exact) mass is 225 g/mol. The van der Waals surface area contributed by atoms with Gasteiger partial charge in [-0.15, -0.1) is 0 Å². The predicted molar refractivity (Wildman–Crippen MR) is 60.4 cm³/mol. The van der Waals surface area contributed by atoms with Crippen LogP contribution in [0.5, 0.6) is 0 Å². The van der Waals surface area contributed by atoms with Crippen LogP contribution in [0.1, 0.15) is 42.9 Å². The summed E-state index contributed by atoms with van der Waals surface area (Å²) in [4.78, 5) is 0. The zero-order valence-electron chi connectivity index (χ0n) is 9.69. The lowest BCUT2D eigenvalue weighted by molar-refractivity contribution is 0.496. The lowest BCUT2D eigenvalue weighted by Crippen LogP contribution is -2.29. The summed E-state index contributed by atoms with van der Waals surface area (Å²) in [6.07, 6.45) is 2.02. The molecule has 1 aromatic carbocycles. The van der Waals surface area contributed by atoms with Crippen LogP contribution in [0.2, 0.25) is 0 Å². The zero-order chi connectivity index (χ0) is 11.9. The molecular weight excluding hydrogens is 208 g/mol. The van der Waals surface area contributed by atoms with Gasteiger partial charge in [-0.3, -0.25) is 0 Å². The summed E-state index contributed by atoms with van der Waals surface area (Å²) in [7, 11) is 0. The molecule has 88 valence electrons. The second-order valence-corrected chi connectivity index (χ2v) is 4.88. The Labute approximate surface area is 94.7 Å². The molecule has 1 nitrogen and oxygen atoms in total. The van der Waals surface area contributed by atoms with Crippen molar-refractivity contribution < 1.29 is 8.78 Å². The SMILES string of the molecule is CC(C)c1c(F)cc2c(c1F)CC(N)CC2. The quantitative estimate of drug-likeness (QED) is 0.781. The standard InChI is InChI=1S/C13H17F2N/c1-7(2)12-11(14)5-8-3-4-9(16)6-10(8)13(12)15/h5,7,9H,3-4,6,16H2,1-2H3. The summed E-state index contributed by atoms with van der Waals surface area (Å²) >= 11 is 0. The minimum atomic E-state index is -0.415. The molecule has 0 saturated carbocycles. The average molecular weight is 225 g/mol. The molecular formula is C13H17F2N. The molecule has 1 aliphatic rings. The smallest absolute Gasteiger partial charge is 0.133 e. The van der Waals surface area contributed by atoms with Crippen molar-refractivity contribution in [1.82, 2.24) is 0 Å². The molecule has 1 unspecified atom stereocenters. The number of aryl methyl sites for hydroxylation is 1. The van der Waals surface area contributed by atoms with E-state index < -0.39 is 5.82 Å². The Morgan fingerprint density at radius 3 is 2.69 bits per heavy atom. The molecule has 0 radical (unpaired) electrons. The van der Waals surface area contributed by atoms with Gasteiger partial charge < -0.3 is 5.73 Å². The number of hydrogen-bond donors (Lipinski definition) is 1. The van der Waals surface area contributed by atoms with E-state index in [4.69, 9.17) is 5.73 Å². The first-order valence-electron chi connectivity index (χ1n) is 5.76. The maximum Gasteiger partial charge on any atom is 0.133 e. The molecule has 1 atom stereocenters. The van der Waals surface area contributed by atoms with Crippen LogP contribution >= 0.6 is 0 Å². The molecule has 3 heteroatoms. The summed E-state index contributed by atoms with van der Waals surface area (Å²) in [6, 6.07) is 1.49. The van der Waals surface area contributed by atoms with E-state index in [0.717, 1.165) is 12.0 Å². The molecule has 1 aromatic rings. The maximum absolute atomic E-state index is 14.1. The van der Waals surface area contributed by atoms with Crippen molar-refractivity contribution in [2.75, 3.05) is 0 Å². The summed E-state index contributed by atoms with van der Waals surface area (Å²) in [6.45, 7) is 3.60. The summed E-state index contributed by atoms with van der Waals surface area (Å²) in [5.41, 5.74) is 7.45. The Morgan fingerprint density at radius 2 is 2.06 bits per heavy atom. The minimum absolute atomic E-state index is 0.00692.